The summed E-state index contributed by atoms with van der Waals surface area (Å²) in [5, 5.41) is 8.81. The second-order valence-electron chi connectivity index (χ2n) is 5.69. The molecule has 0 bridgehead atoms. The summed E-state index contributed by atoms with van der Waals surface area (Å²) in [5.41, 5.74) is 0. The third kappa shape index (κ3) is 5.39. The zero-order valence-corrected chi connectivity index (χ0v) is 12.8. The molecule has 5 nitrogen and oxygen atoms in total. The van der Waals surface area contributed by atoms with Gasteiger partial charge < -0.3 is 14.9 Å². The van der Waals surface area contributed by atoms with Crippen molar-refractivity contribution in [2.75, 3.05) is 20.1 Å². The van der Waals surface area contributed by atoms with Crippen molar-refractivity contribution in [3.63, 3.8) is 0 Å². The minimum Gasteiger partial charge on any atom is -0.481 e. The van der Waals surface area contributed by atoms with E-state index in [-0.39, 0.29) is 18.5 Å². The van der Waals surface area contributed by atoms with Crippen LogP contribution in [0.1, 0.15) is 58.3 Å². The maximum Gasteiger partial charge on any atom is 0.319 e. The molecule has 2 amide bonds. The molecule has 1 N–H and O–H groups in total. The highest BCUT2D eigenvalue weighted by molar-refractivity contribution is 5.74. The zero-order chi connectivity index (χ0) is 15.0. The van der Waals surface area contributed by atoms with Gasteiger partial charge >= 0.3 is 12.0 Å². The minimum atomic E-state index is -0.778. The van der Waals surface area contributed by atoms with Crippen LogP contribution in [0.3, 0.4) is 0 Å². The number of carboxylic acid groups (broad SMARTS) is 1. The van der Waals surface area contributed by atoms with E-state index in [0.29, 0.717) is 6.42 Å². The van der Waals surface area contributed by atoms with Crippen LogP contribution in [-0.4, -0.2) is 53.1 Å². The number of urea groups is 1. The number of piperidine rings is 1. The normalized spacial score (nSPS) is 18.9. The lowest BCUT2D eigenvalue weighted by Crippen LogP contribution is -2.49. The highest BCUT2D eigenvalue weighted by Gasteiger charge is 2.28. The summed E-state index contributed by atoms with van der Waals surface area (Å²) in [5.74, 6) is -0.778. The second-order valence-corrected chi connectivity index (χ2v) is 5.69. The first-order valence-corrected chi connectivity index (χ1v) is 7.79. The van der Waals surface area contributed by atoms with Crippen LogP contribution in [0, 0.1) is 0 Å². The molecule has 0 aromatic rings. The van der Waals surface area contributed by atoms with Crippen molar-refractivity contribution in [1.29, 1.82) is 0 Å². The minimum absolute atomic E-state index is 0.0659. The lowest BCUT2D eigenvalue weighted by Gasteiger charge is -2.38. The maximum atomic E-state index is 12.5. The van der Waals surface area contributed by atoms with Gasteiger partial charge in [0.2, 0.25) is 0 Å². The van der Waals surface area contributed by atoms with Gasteiger partial charge in [0.05, 0.1) is 0 Å². The van der Waals surface area contributed by atoms with Crippen molar-refractivity contribution in [3.05, 3.63) is 0 Å². The largest absolute Gasteiger partial charge is 0.481 e. The molecular weight excluding hydrogens is 256 g/mol. The number of nitrogens with zero attached hydrogens (tertiary/aromatic N) is 2. The molecule has 1 unspecified atom stereocenters. The van der Waals surface area contributed by atoms with Crippen molar-refractivity contribution in [2.24, 2.45) is 0 Å². The highest BCUT2D eigenvalue weighted by atomic mass is 16.4. The summed E-state index contributed by atoms with van der Waals surface area (Å²) < 4.78 is 0. The molecule has 0 aromatic carbocycles. The van der Waals surface area contributed by atoms with Crippen LogP contribution in [0.2, 0.25) is 0 Å². The summed E-state index contributed by atoms with van der Waals surface area (Å²) in [6.07, 6.45) is 7.09. The fourth-order valence-electron chi connectivity index (χ4n) is 2.76. The van der Waals surface area contributed by atoms with Gasteiger partial charge in [-0.2, -0.15) is 0 Å². The van der Waals surface area contributed by atoms with Crippen LogP contribution in [0.4, 0.5) is 4.79 Å². The third-order valence-electron chi connectivity index (χ3n) is 3.99. The van der Waals surface area contributed by atoms with Gasteiger partial charge in [-0.25, -0.2) is 4.79 Å². The maximum absolute atomic E-state index is 12.5. The number of amides is 2. The van der Waals surface area contributed by atoms with Gasteiger partial charge in [-0.3, -0.25) is 4.79 Å². The van der Waals surface area contributed by atoms with Crippen molar-refractivity contribution in [2.45, 2.75) is 64.3 Å². The van der Waals surface area contributed by atoms with Crippen molar-refractivity contribution >= 4 is 12.0 Å². The van der Waals surface area contributed by atoms with Crippen LogP contribution in [0.15, 0.2) is 0 Å². The first-order valence-electron chi connectivity index (χ1n) is 7.79. The first-order chi connectivity index (χ1) is 9.56. The summed E-state index contributed by atoms with van der Waals surface area (Å²) >= 11 is 0. The van der Waals surface area contributed by atoms with Gasteiger partial charge in [0.15, 0.2) is 0 Å². The molecule has 0 saturated carbocycles. The van der Waals surface area contributed by atoms with Gasteiger partial charge in [0, 0.05) is 32.6 Å². The Morgan fingerprint density at radius 1 is 1.30 bits per heavy atom. The number of hydrogen-bond acceptors (Lipinski definition) is 2. The number of carboxylic acids is 1. The lowest BCUT2D eigenvalue weighted by molar-refractivity contribution is -0.137. The highest BCUT2D eigenvalue weighted by Crippen LogP contribution is 2.22. The molecule has 116 valence electrons. The molecule has 1 atom stereocenters. The smallest absolute Gasteiger partial charge is 0.319 e. The van der Waals surface area contributed by atoms with Crippen molar-refractivity contribution in [1.82, 2.24) is 9.80 Å². The zero-order valence-electron chi connectivity index (χ0n) is 12.8. The van der Waals surface area contributed by atoms with Crippen LogP contribution < -0.4 is 0 Å². The average Bonchev–Trinajstić information content (AvgIpc) is 2.44. The Kier molecular flexibility index (Phi) is 7.41. The summed E-state index contributed by atoms with van der Waals surface area (Å²) in [6, 6.07) is 0.164. The molecule has 0 radical (unpaired) electrons. The number of rotatable bonds is 7. The molecule has 1 saturated heterocycles. The van der Waals surface area contributed by atoms with E-state index in [1.807, 2.05) is 11.9 Å². The van der Waals surface area contributed by atoms with E-state index in [9.17, 15) is 9.59 Å². The monoisotopic (exact) mass is 284 g/mol. The Balaban J connectivity index is 2.50. The predicted molar refractivity (Wildman–Crippen MR) is 78.8 cm³/mol. The van der Waals surface area contributed by atoms with E-state index < -0.39 is 5.97 Å². The van der Waals surface area contributed by atoms with E-state index in [1.165, 1.54) is 0 Å². The molecule has 1 rings (SSSR count). The van der Waals surface area contributed by atoms with Crippen LogP contribution in [-0.2, 0) is 4.79 Å². The standard InChI is InChI=1S/C15H28N2O3/c1-3-4-6-11-16(2)15(20)17-12-7-5-8-13(17)9-10-14(18)19/h13H,3-12H2,1-2H3,(H,18,19). The molecule has 5 heteroatoms. The topological polar surface area (TPSA) is 60.9 Å². The number of unbranched alkanes of at least 4 members (excludes halogenated alkanes) is 2. The van der Waals surface area contributed by atoms with Gasteiger partial charge in [0.25, 0.3) is 0 Å². The summed E-state index contributed by atoms with van der Waals surface area (Å²) in [6.45, 7) is 3.70. The van der Waals surface area contributed by atoms with E-state index in [4.69, 9.17) is 5.11 Å². The Hall–Kier alpha value is -1.26. The van der Waals surface area contributed by atoms with Crippen molar-refractivity contribution in [3.8, 4) is 0 Å². The van der Waals surface area contributed by atoms with Gasteiger partial charge in [0.1, 0.15) is 0 Å². The van der Waals surface area contributed by atoms with E-state index in [0.717, 1.165) is 51.6 Å². The van der Waals surface area contributed by atoms with Crippen molar-refractivity contribution < 1.29 is 14.7 Å². The fourth-order valence-corrected chi connectivity index (χ4v) is 2.76. The molecule has 1 aliphatic rings. The quantitative estimate of drug-likeness (QED) is 0.731. The number of hydrogen-bond donors (Lipinski definition) is 1. The molecule has 1 aliphatic heterocycles. The Bertz CT molecular complexity index is 320. The van der Waals surface area contributed by atoms with Gasteiger partial charge in [-0.15, -0.1) is 0 Å². The first kappa shape index (κ1) is 16.8. The number of carbonyl (C=O) groups excluding carboxylic acids is 1. The van der Waals surface area contributed by atoms with E-state index in [2.05, 4.69) is 6.92 Å². The fraction of sp³-hybridized carbons (Fsp3) is 0.867. The second kappa shape index (κ2) is 8.82. The number of likely N-dealkylation sites (tertiary alicyclic amines) is 1. The Morgan fingerprint density at radius 2 is 2.05 bits per heavy atom. The third-order valence-corrected chi connectivity index (χ3v) is 3.99. The molecule has 0 aliphatic carbocycles. The summed E-state index contributed by atoms with van der Waals surface area (Å²) in [4.78, 5) is 26.8. The molecular formula is C15H28N2O3. The van der Waals surface area contributed by atoms with Gasteiger partial charge in [-0.1, -0.05) is 19.8 Å². The van der Waals surface area contributed by atoms with Crippen LogP contribution in [0.25, 0.3) is 0 Å². The molecule has 0 aromatic heterocycles. The van der Waals surface area contributed by atoms with Crippen LogP contribution >= 0.6 is 0 Å². The molecule has 1 heterocycles. The molecule has 0 spiro atoms. The number of carbonyl (C=O) groups is 2. The Morgan fingerprint density at radius 3 is 2.70 bits per heavy atom. The summed E-state index contributed by atoms with van der Waals surface area (Å²) in [7, 11) is 1.85. The molecule has 20 heavy (non-hydrogen) atoms. The SMILES string of the molecule is CCCCCN(C)C(=O)N1CCCCC1CCC(=O)O. The Labute approximate surface area is 121 Å². The van der Waals surface area contributed by atoms with E-state index in [1.54, 1.807) is 4.90 Å². The predicted octanol–water partition coefficient (Wildman–Crippen LogP) is 2.95. The van der Waals surface area contributed by atoms with Crippen LogP contribution in [0.5, 0.6) is 0 Å². The average molecular weight is 284 g/mol. The van der Waals surface area contributed by atoms with E-state index >= 15 is 0 Å². The lowest BCUT2D eigenvalue weighted by atomic mass is 9.98. The number of aliphatic carboxylic acids is 1. The molecule has 1 fully saturated rings. The van der Waals surface area contributed by atoms with Gasteiger partial charge in [-0.05, 0) is 32.1 Å².